The van der Waals surface area contributed by atoms with Gasteiger partial charge in [-0.15, -0.1) is 0 Å². The number of ether oxygens (including phenoxy) is 1. The fraction of sp³-hybridized carbons (Fsp3) is 0. The normalized spacial score (nSPS) is 10.1. The number of nitrogens with one attached hydrogen (secondary N) is 1. The summed E-state index contributed by atoms with van der Waals surface area (Å²) in [6.07, 6.45) is 1.48. The number of hydrogen-bond acceptors (Lipinski definition) is 5. The van der Waals surface area contributed by atoms with Crippen LogP contribution in [0, 0.1) is 15.5 Å². The first-order valence-electron chi connectivity index (χ1n) is 5.41. The summed E-state index contributed by atoms with van der Waals surface area (Å²) in [5.41, 5.74) is 5.62. The summed E-state index contributed by atoms with van der Waals surface area (Å²) in [6, 6.07) is 7.59. The molecule has 0 aliphatic heterocycles. The Balaban J connectivity index is 2.43. The third-order valence-electron chi connectivity index (χ3n) is 2.41. The predicted octanol–water partition coefficient (Wildman–Crippen LogP) is 2.83. The van der Waals surface area contributed by atoms with Crippen molar-refractivity contribution in [3.63, 3.8) is 0 Å². The fourth-order valence-electron chi connectivity index (χ4n) is 1.50. The van der Waals surface area contributed by atoms with Crippen molar-refractivity contribution in [2.24, 2.45) is 5.73 Å². The highest BCUT2D eigenvalue weighted by Gasteiger charge is 2.18. The number of aromatic nitrogens is 1. The van der Waals surface area contributed by atoms with E-state index in [0.29, 0.717) is 5.56 Å². The van der Waals surface area contributed by atoms with Crippen LogP contribution in [0.15, 0.2) is 41.0 Å². The molecule has 1 aromatic heterocycles. The standard InChI is InChI=1S/C12H9BrN4O3/c13-10-8(17(18)19)4-1-5-9(10)20-12-7(11(14)15)3-2-6-16-12/h1-6H,(H3,14,15). The lowest BCUT2D eigenvalue weighted by atomic mass is 10.2. The third kappa shape index (κ3) is 2.75. The molecule has 0 aliphatic rings. The van der Waals surface area contributed by atoms with Crippen molar-refractivity contribution in [2.75, 3.05) is 0 Å². The molecule has 8 heteroatoms. The molecule has 0 saturated heterocycles. The van der Waals surface area contributed by atoms with Gasteiger partial charge in [0.1, 0.15) is 10.3 Å². The highest BCUT2D eigenvalue weighted by Crippen LogP contribution is 2.36. The van der Waals surface area contributed by atoms with Gasteiger partial charge < -0.3 is 10.5 Å². The van der Waals surface area contributed by atoms with E-state index in [9.17, 15) is 10.1 Å². The van der Waals surface area contributed by atoms with Crippen LogP contribution in [-0.2, 0) is 0 Å². The summed E-state index contributed by atoms with van der Waals surface area (Å²) < 4.78 is 5.71. The van der Waals surface area contributed by atoms with Crippen molar-refractivity contribution >= 4 is 27.5 Å². The van der Waals surface area contributed by atoms with Gasteiger partial charge in [0, 0.05) is 12.3 Å². The second-order valence-electron chi connectivity index (χ2n) is 3.72. The molecular weight excluding hydrogens is 328 g/mol. The summed E-state index contributed by atoms with van der Waals surface area (Å²) in [5.74, 6) is 0.135. The Morgan fingerprint density at radius 2 is 2.15 bits per heavy atom. The van der Waals surface area contributed by atoms with Crippen LogP contribution in [0.4, 0.5) is 5.69 Å². The van der Waals surface area contributed by atoms with E-state index in [1.165, 1.54) is 18.3 Å². The van der Waals surface area contributed by atoms with Gasteiger partial charge >= 0.3 is 0 Å². The Labute approximate surface area is 122 Å². The van der Waals surface area contributed by atoms with Crippen LogP contribution in [0.2, 0.25) is 0 Å². The van der Waals surface area contributed by atoms with E-state index < -0.39 is 4.92 Å². The number of nitro benzene ring substituents is 1. The molecule has 102 valence electrons. The number of nitro groups is 1. The number of rotatable bonds is 4. The lowest BCUT2D eigenvalue weighted by Crippen LogP contribution is -2.13. The topological polar surface area (TPSA) is 115 Å². The molecule has 2 rings (SSSR count). The SMILES string of the molecule is N=C(N)c1cccnc1Oc1cccc([N+](=O)[O-])c1Br. The molecule has 1 heterocycles. The number of nitrogens with two attached hydrogens (primary N) is 1. The highest BCUT2D eigenvalue weighted by molar-refractivity contribution is 9.10. The maximum atomic E-state index is 10.9. The molecular formula is C12H9BrN4O3. The molecule has 7 nitrogen and oxygen atoms in total. The molecule has 20 heavy (non-hydrogen) atoms. The first-order valence-corrected chi connectivity index (χ1v) is 6.20. The van der Waals surface area contributed by atoms with Gasteiger partial charge in [-0.2, -0.15) is 0 Å². The van der Waals surface area contributed by atoms with Crippen molar-refractivity contribution in [1.82, 2.24) is 4.98 Å². The quantitative estimate of drug-likeness (QED) is 0.385. The molecule has 3 N–H and O–H groups in total. The number of halogens is 1. The number of nitrogens with zero attached hydrogens (tertiary/aromatic N) is 2. The minimum absolute atomic E-state index is 0.112. The Hall–Kier alpha value is -2.48. The zero-order chi connectivity index (χ0) is 14.7. The first-order chi connectivity index (χ1) is 9.50. The molecule has 0 bridgehead atoms. The molecule has 0 radical (unpaired) electrons. The van der Waals surface area contributed by atoms with Gasteiger partial charge in [0.2, 0.25) is 5.88 Å². The lowest BCUT2D eigenvalue weighted by molar-refractivity contribution is -0.385. The third-order valence-corrected chi connectivity index (χ3v) is 3.20. The Kier molecular flexibility index (Phi) is 3.94. The number of benzene rings is 1. The van der Waals surface area contributed by atoms with Crippen LogP contribution in [0.1, 0.15) is 5.56 Å². The molecule has 2 aromatic rings. The van der Waals surface area contributed by atoms with Gasteiger partial charge in [-0.05, 0) is 34.1 Å². The fourth-order valence-corrected chi connectivity index (χ4v) is 1.99. The maximum Gasteiger partial charge on any atom is 0.287 e. The molecule has 0 saturated carbocycles. The highest BCUT2D eigenvalue weighted by atomic mass is 79.9. The average Bonchev–Trinajstić information content (AvgIpc) is 2.41. The van der Waals surface area contributed by atoms with Crippen LogP contribution >= 0.6 is 15.9 Å². The largest absolute Gasteiger partial charge is 0.437 e. The van der Waals surface area contributed by atoms with Gasteiger partial charge in [0.25, 0.3) is 5.69 Å². The van der Waals surface area contributed by atoms with Crippen LogP contribution in [0.5, 0.6) is 11.6 Å². The zero-order valence-corrected chi connectivity index (χ0v) is 11.6. The van der Waals surface area contributed by atoms with E-state index >= 15 is 0 Å². The smallest absolute Gasteiger partial charge is 0.287 e. The monoisotopic (exact) mass is 336 g/mol. The van der Waals surface area contributed by atoms with Gasteiger partial charge in [-0.25, -0.2) is 4.98 Å². The van der Waals surface area contributed by atoms with Crippen molar-refractivity contribution < 1.29 is 9.66 Å². The van der Waals surface area contributed by atoms with E-state index in [2.05, 4.69) is 20.9 Å². The van der Waals surface area contributed by atoms with Crippen molar-refractivity contribution in [2.45, 2.75) is 0 Å². The molecule has 0 unspecified atom stereocenters. The van der Waals surface area contributed by atoms with Crippen LogP contribution in [-0.4, -0.2) is 15.7 Å². The Bertz CT molecular complexity index is 690. The Morgan fingerprint density at radius 3 is 2.80 bits per heavy atom. The van der Waals surface area contributed by atoms with E-state index in [0.717, 1.165) is 0 Å². The minimum Gasteiger partial charge on any atom is -0.437 e. The molecule has 1 aromatic carbocycles. The summed E-state index contributed by atoms with van der Waals surface area (Å²) in [6.45, 7) is 0. The zero-order valence-electron chi connectivity index (χ0n) is 10.0. The van der Waals surface area contributed by atoms with Crippen molar-refractivity contribution in [1.29, 1.82) is 5.41 Å². The summed E-state index contributed by atoms with van der Waals surface area (Å²) in [7, 11) is 0. The first kappa shape index (κ1) is 13.9. The summed E-state index contributed by atoms with van der Waals surface area (Å²) >= 11 is 3.12. The van der Waals surface area contributed by atoms with E-state index in [4.69, 9.17) is 15.9 Å². The van der Waals surface area contributed by atoms with Crippen LogP contribution in [0.3, 0.4) is 0 Å². The Morgan fingerprint density at radius 1 is 1.40 bits per heavy atom. The van der Waals surface area contributed by atoms with E-state index in [1.54, 1.807) is 18.2 Å². The van der Waals surface area contributed by atoms with Crippen LogP contribution < -0.4 is 10.5 Å². The van der Waals surface area contributed by atoms with E-state index in [-0.39, 0.29) is 27.6 Å². The lowest BCUT2D eigenvalue weighted by Gasteiger charge is -2.10. The second-order valence-corrected chi connectivity index (χ2v) is 4.51. The molecule has 0 spiro atoms. The van der Waals surface area contributed by atoms with Gasteiger partial charge in [0.05, 0.1) is 10.5 Å². The van der Waals surface area contributed by atoms with Gasteiger partial charge in [0.15, 0.2) is 5.75 Å². The minimum atomic E-state index is -0.527. The summed E-state index contributed by atoms with van der Waals surface area (Å²) in [4.78, 5) is 14.3. The number of amidine groups is 1. The van der Waals surface area contributed by atoms with Crippen molar-refractivity contribution in [3.8, 4) is 11.6 Å². The van der Waals surface area contributed by atoms with Crippen molar-refractivity contribution in [3.05, 3.63) is 56.7 Å². The molecule has 0 aliphatic carbocycles. The second kappa shape index (κ2) is 5.66. The summed E-state index contributed by atoms with van der Waals surface area (Å²) in [5, 5.41) is 18.3. The number of pyridine rings is 1. The molecule has 0 fully saturated rings. The van der Waals surface area contributed by atoms with Gasteiger partial charge in [-0.3, -0.25) is 15.5 Å². The molecule has 0 atom stereocenters. The van der Waals surface area contributed by atoms with E-state index in [1.807, 2.05) is 0 Å². The van der Waals surface area contributed by atoms with Gasteiger partial charge in [-0.1, -0.05) is 6.07 Å². The van der Waals surface area contributed by atoms with Crippen LogP contribution in [0.25, 0.3) is 0 Å². The molecule has 0 amide bonds. The number of hydrogen-bond donors (Lipinski definition) is 2. The predicted molar refractivity (Wildman–Crippen MR) is 76.1 cm³/mol. The number of nitrogen functional groups attached to an aromatic ring is 1. The maximum absolute atomic E-state index is 10.9. The average molecular weight is 337 g/mol.